The van der Waals surface area contributed by atoms with Crippen molar-refractivity contribution >= 4 is 29.1 Å². The van der Waals surface area contributed by atoms with E-state index >= 15 is 0 Å². The van der Waals surface area contributed by atoms with Gasteiger partial charge in [-0.15, -0.1) is 0 Å². The fourth-order valence-electron chi connectivity index (χ4n) is 2.46. The first-order chi connectivity index (χ1) is 9.56. The molecule has 1 aliphatic heterocycles. The average Bonchev–Trinajstić information content (AvgIpc) is 2.87. The van der Waals surface area contributed by atoms with Gasteiger partial charge in [-0.25, -0.2) is 0 Å². The molecule has 0 saturated carbocycles. The van der Waals surface area contributed by atoms with Crippen molar-refractivity contribution < 1.29 is 4.79 Å². The van der Waals surface area contributed by atoms with E-state index in [0.29, 0.717) is 22.2 Å². The number of aromatic nitrogens is 2. The second-order valence-corrected chi connectivity index (χ2v) is 5.80. The minimum absolute atomic E-state index is 0.0390. The molecule has 1 aliphatic rings. The number of benzene rings is 1. The zero-order chi connectivity index (χ0) is 14.3. The van der Waals surface area contributed by atoms with E-state index in [0.717, 1.165) is 17.7 Å². The first-order valence-electron chi connectivity index (χ1n) is 6.33. The molecule has 1 atom stereocenters. The van der Waals surface area contributed by atoms with Gasteiger partial charge in [0.25, 0.3) is 5.91 Å². The molecule has 1 aromatic heterocycles. The maximum absolute atomic E-state index is 12.6. The van der Waals surface area contributed by atoms with Gasteiger partial charge in [0.05, 0.1) is 16.2 Å². The molecule has 104 valence electrons. The molecular weight excluding hydrogens is 297 g/mol. The van der Waals surface area contributed by atoms with Crippen LogP contribution in [0.2, 0.25) is 10.0 Å². The molecule has 0 aliphatic carbocycles. The fourth-order valence-corrected chi connectivity index (χ4v) is 2.76. The number of H-pyrrole nitrogens is 1. The Balaban J connectivity index is 1.89. The number of rotatable bonds is 1. The summed E-state index contributed by atoms with van der Waals surface area (Å²) in [5.74, 6) is -0.0390. The molecule has 1 aromatic carbocycles. The molecule has 0 saturated heterocycles. The van der Waals surface area contributed by atoms with Crippen molar-refractivity contribution in [3.8, 4) is 0 Å². The topological polar surface area (TPSA) is 49.0 Å². The summed E-state index contributed by atoms with van der Waals surface area (Å²) in [6, 6.07) is 5.08. The van der Waals surface area contributed by atoms with Crippen molar-refractivity contribution in [2.75, 3.05) is 0 Å². The van der Waals surface area contributed by atoms with Gasteiger partial charge in [-0.05, 0) is 25.1 Å². The molecule has 0 spiro atoms. The number of amides is 1. The second kappa shape index (κ2) is 5.11. The third-order valence-electron chi connectivity index (χ3n) is 3.61. The zero-order valence-electron chi connectivity index (χ0n) is 10.9. The first kappa shape index (κ1) is 13.5. The van der Waals surface area contributed by atoms with Crippen LogP contribution in [-0.2, 0) is 13.0 Å². The highest BCUT2D eigenvalue weighted by Gasteiger charge is 2.28. The van der Waals surface area contributed by atoms with Gasteiger partial charge in [0.2, 0.25) is 0 Å². The Bertz CT molecular complexity index is 668. The van der Waals surface area contributed by atoms with E-state index in [9.17, 15) is 4.79 Å². The van der Waals surface area contributed by atoms with Crippen molar-refractivity contribution in [1.29, 1.82) is 0 Å². The molecule has 6 heteroatoms. The number of hydrogen-bond donors (Lipinski definition) is 1. The second-order valence-electron chi connectivity index (χ2n) is 4.99. The summed E-state index contributed by atoms with van der Waals surface area (Å²) in [4.78, 5) is 14.4. The van der Waals surface area contributed by atoms with Crippen LogP contribution in [0.25, 0.3) is 0 Å². The molecule has 2 heterocycles. The van der Waals surface area contributed by atoms with Crippen LogP contribution in [0, 0.1) is 0 Å². The number of carbonyl (C=O) groups excluding carboxylic acids is 1. The van der Waals surface area contributed by atoms with Gasteiger partial charge in [0.1, 0.15) is 0 Å². The standard InChI is InChI=1S/C14H13Cl2N3O/c1-8-4-13-10(6-17-18-13)7-19(8)14(20)9-2-3-11(15)12(16)5-9/h2-3,5-6,8H,4,7H2,1H3,(H,17,18)/t8-/m1/s1. The van der Waals surface area contributed by atoms with Gasteiger partial charge in [-0.3, -0.25) is 9.89 Å². The van der Waals surface area contributed by atoms with Gasteiger partial charge in [-0.2, -0.15) is 5.10 Å². The van der Waals surface area contributed by atoms with E-state index in [1.54, 1.807) is 24.4 Å². The van der Waals surface area contributed by atoms with Crippen molar-refractivity contribution in [2.45, 2.75) is 25.9 Å². The lowest BCUT2D eigenvalue weighted by molar-refractivity contribution is 0.0657. The van der Waals surface area contributed by atoms with Gasteiger partial charge >= 0.3 is 0 Å². The van der Waals surface area contributed by atoms with Crippen LogP contribution in [0.15, 0.2) is 24.4 Å². The van der Waals surface area contributed by atoms with Crippen LogP contribution in [-0.4, -0.2) is 27.0 Å². The summed E-state index contributed by atoms with van der Waals surface area (Å²) < 4.78 is 0. The highest BCUT2D eigenvalue weighted by molar-refractivity contribution is 6.42. The minimum Gasteiger partial charge on any atom is -0.331 e. The monoisotopic (exact) mass is 309 g/mol. The smallest absolute Gasteiger partial charge is 0.254 e. The summed E-state index contributed by atoms with van der Waals surface area (Å²) in [6.45, 7) is 2.59. The molecule has 0 radical (unpaired) electrons. The predicted octanol–water partition coefficient (Wildman–Crippen LogP) is 3.30. The molecule has 1 amide bonds. The number of nitrogens with zero attached hydrogens (tertiary/aromatic N) is 2. The van der Waals surface area contributed by atoms with E-state index in [-0.39, 0.29) is 11.9 Å². The molecule has 0 bridgehead atoms. The molecule has 2 aromatic rings. The zero-order valence-corrected chi connectivity index (χ0v) is 12.4. The van der Waals surface area contributed by atoms with Crippen molar-refractivity contribution in [3.05, 3.63) is 51.3 Å². The van der Waals surface area contributed by atoms with Crippen LogP contribution in [0.4, 0.5) is 0 Å². The van der Waals surface area contributed by atoms with Gasteiger partial charge in [-0.1, -0.05) is 23.2 Å². The van der Waals surface area contributed by atoms with Crippen LogP contribution in [0.5, 0.6) is 0 Å². The molecule has 1 N–H and O–H groups in total. The lowest BCUT2D eigenvalue weighted by Gasteiger charge is -2.33. The Labute approximate surface area is 126 Å². The highest BCUT2D eigenvalue weighted by Crippen LogP contribution is 2.26. The minimum atomic E-state index is -0.0390. The van der Waals surface area contributed by atoms with Crippen LogP contribution >= 0.6 is 23.2 Å². The van der Waals surface area contributed by atoms with Gasteiger partial charge in [0.15, 0.2) is 0 Å². The number of aromatic amines is 1. The summed E-state index contributed by atoms with van der Waals surface area (Å²) in [5, 5.41) is 7.85. The van der Waals surface area contributed by atoms with E-state index in [4.69, 9.17) is 23.2 Å². The Morgan fingerprint density at radius 1 is 1.40 bits per heavy atom. The molecule has 0 unspecified atom stereocenters. The van der Waals surface area contributed by atoms with Gasteiger partial charge in [0, 0.05) is 35.8 Å². The Kier molecular flexibility index (Phi) is 3.44. The Morgan fingerprint density at radius 3 is 2.95 bits per heavy atom. The van der Waals surface area contributed by atoms with Crippen molar-refractivity contribution in [2.24, 2.45) is 0 Å². The van der Waals surface area contributed by atoms with E-state index in [1.165, 1.54) is 0 Å². The molecule has 4 nitrogen and oxygen atoms in total. The SMILES string of the molecule is C[C@@H]1Cc2[nH]ncc2CN1C(=O)c1ccc(Cl)c(Cl)c1. The lowest BCUT2D eigenvalue weighted by atomic mass is 10.0. The largest absolute Gasteiger partial charge is 0.331 e. The molecule has 0 fully saturated rings. The number of hydrogen-bond acceptors (Lipinski definition) is 2. The molecule has 20 heavy (non-hydrogen) atoms. The number of nitrogens with one attached hydrogen (secondary N) is 1. The summed E-state index contributed by atoms with van der Waals surface area (Å²) in [7, 11) is 0. The highest BCUT2D eigenvalue weighted by atomic mass is 35.5. The number of carbonyl (C=O) groups is 1. The molecular formula is C14H13Cl2N3O. The van der Waals surface area contributed by atoms with E-state index in [1.807, 2.05) is 11.8 Å². The maximum atomic E-state index is 12.6. The quantitative estimate of drug-likeness (QED) is 0.878. The van der Waals surface area contributed by atoms with E-state index in [2.05, 4.69) is 10.2 Å². The van der Waals surface area contributed by atoms with Gasteiger partial charge < -0.3 is 4.90 Å². The van der Waals surface area contributed by atoms with Crippen LogP contribution in [0.1, 0.15) is 28.5 Å². The Morgan fingerprint density at radius 2 is 2.20 bits per heavy atom. The number of halogens is 2. The van der Waals surface area contributed by atoms with Crippen molar-refractivity contribution in [3.63, 3.8) is 0 Å². The average molecular weight is 310 g/mol. The summed E-state index contributed by atoms with van der Waals surface area (Å²) >= 11 is 11.9. The lowest BCUT2D eigenvalue weighted by Crippen LogP contribution is -2.42. The molecule has 3 rings (SSSR count). The first-order valence-corrected chi connectivity index (χ1v) is 7.09. The Hall–Kier alpha value is -1.52. The maximum Gasteiger partial charge on any atom is 0.254 e. The van der Waals surface area contributed by atoms with E-state index < -0.39 is 0 Å². The van der Waals surface area contributed by atoms with Crippen LogP contribution in [0.3, 0.4) is 0 Å². The van der Waals surface area contributed by atoms with Crippen molar-refractivity contribution in [1.82, 2.24) is 15.1 Å². The predicted molar refractivity (Wildman–Crippen MR) is 78.1 cm³/mol. The third-order valence-corrected chi connectivity index (χ3v) is 4.35. The summed E-state index contributed by atoms with van der Waals surface area (Å²) in [5.41, 5.74) is 2.73. The third kappa shape index (κ3) is 2.30. The number of fused-ring (bicyclic) bond motifs is 1. The van der Waals surface area contributed by atoms with Crippen LogP contribution < -0.4 is 0 Å². The summed E-state index contributed by atoms with van der Waals surface area (Å²) in [6.07, 6.45) is 2.55. The normalized spacial score (nSPS) is 17.9. The fraction of sp³-hybridized carbons (Fsp3) is 0.286.